The maximum absolute atomic E-state index is 12.6. The molecule has 0 aromatic heterocycles. The third kappa shape index (κ3) is 5.83. The Morgan fingerprint density at radius 1 is 1.20 bits per heavy atom. The van der Waals surface area contributed by atoms with Crippen LogP contribution in [0.25, 0.3) is 0 Å². The summed E-state index contributed by atoms with van der Waals surface area (Å²) >= 11 is 0. The van der Waals surface area contributed by atoms with Crippen molar-refractivity contribution in [1.82, 2.24) is 4.90 Å². The second kappa shape index (κ2) is 8.45. The van der Waals surface area contributed by atoms with Crippen molar-refractivity contribution < 1.29 is 23.9 Å². The minimum atomic E-state index is -0.961. The molecule has 0 spiro atoms. The molecule has 0 aliphatic carbocycles. The number of rotatable bonds is 7. The summed E-state index contributed by atoms with van der Waals surface area (Å²) in [7, 11) is 0. The maximum Gasteiger partial charge on any atom is 0.309 e. The lowest BCUT2D eigenvalue weighted by molar-refractivity contribution is -0.163. The van der Waals surface area contributed by atoms with E-state index in [2.05, 4.69) is 0 Å². The topological polar surface area (TPSA) is 107 Å². The van der Waals surface area contributed by atoms with Gasteiger partial charge in [0.05, 0.1) is 12.0 Å². The summed E-state index contributed by atoms with van der Waals surface area (Å²) in [4.78, 5) is 49.5. The van der Waals surface area contributed by atoms with Crippen LogP contribution in [0.5, 0.6) is 0 Å². The van der Waals surface area contributed by atoms with E-state index in [1.807, 2.05) is 20.8 Å². The minimum Gasteiger partial charge on any atom is -0.452 e. The molecule has 0 saturated carbocycles. The highest BCUT2D eigenvalue weighted by Gasteiger charge is 2.40. The lowest BCUT2D eigenvalue weighted by Crippen LogP contribution is -2.48. The highest BCUT2D eigenvalue weighted by molar-refractivity contribution is 5.94. The first-order chi connectivity index (χ1) is 11.4. The number of amides is 2. The fourth-order valence-corrected chi connectivity index (χ4v) is 2.85. The van der Waals surface area contributed by atoms with Crippen LogP contribution in [0.15, 0.2) is 0 Å². The summed E-state index contributed by atoms with van der Waals surface area (Å²) in [5.41, 5.74) is 4.54. The molecule has 142 valence electrons. The number of esters is 1. The number of ether oxygens (including phenoxy) is 1. The molecule has 7 nitrogen and oxygen atoms in total. The number of nitrogens with two attached hydrogens (primary N) is 1. The van der Waals surface area contributed by atoms with Gasteiger partial charge in [-0.2, -0.15) is 0 Å². The number of likely N-dealkylation sites (tertiary alicyclic amines) is 1. The Hall–Kier alpha value is -1.92. The minimum absolute atomic E-state index is 0.0201. The van der Waals surface area contributed by atoms with E-state index in [-0.39, 0.29) is 24.5 Å². The van der Waals surface area contributed by atoms with E-state index in [1.54, 1.807) is 6.92 Å². The van der Waals surface area contributed by atoms with Crippen molar-refractivity contribution in [3.8, 4) is 0 Å². The molecule has 25 heavy (non-hydrogen) atoms. The Balaban J connectivity index is 2.67. The fourth-order valence-electron chi connectivity index (χ4n) is 2.85. The molecule has 1 heterocycles. The molecule has 1 rings (SSSR count). The molecular weight excluding hydrogens is 324 g/mol. The zero-order chi connectivity index (χ0) is 19.4. The van der Waals surface area contributed by atoms with Crippen LogP contribution in [-0.4, -0.2) is 47.2 Å². The SMILES string of the molecule is CC(CCC(N)=O)C(=O)OC(C)C(=O)N1CCCC1C(=O)C(C)(C)C. The Bertz CT molecular complexity index is 538. The number of ketones is 1. The maximum atomic E-state index is 12.6. The Morgan fingerprint density at radius 3 is 2.32 bits per heavy atom. The lowest BCUT2D eigenvalue weighted by atomic mass is 9.85. The summed E-state index contributed by atoms with van der Waals surface area (Å²) in [6, 6.07) is -0.457. The number of primary amides is 1. The van der Waals surface area contributed by atoms with Gasteiger partial charge in [-0.15, -0.1) is 0 Å². The van der Waals surface area contributed by atoms with E-state index in [1.165, 1.54) is 11.8 Å². The summed E-state index contributed by atoms with van der Waals surface area (Å²) in [5.74, 6) is -1.88. The molecule has 3 atom stereocenters. The molecule has 1 fully saturated rings. The largest absolute Gasteiger partial charge is 0.452 e. The summed E-state index contributed by atoms with van der Waals surface area (Å²) in [5, 5.41) is 0. The third-order valence-electron chi connectivity index (χ3n) is 4.44. The molecule has 7 heteroatoms. The molecule has 0 aromatic rings. The molecule has 1 aliphatic heterocycles. The molecule has 0 radical (unpaired) electrons. The van der Waals surface area contributed by atoms with Crippen LogP contribution in [0.3, 0.4) is 0 Å². The van der Waals surface area contributed by atoms with Gasteiger partial charge >= 0.3 is 5.97 Å². The molecule has 3 unspecified atom stereocenters. The Morgan fingerprint density at radius 2 is 1.80 bits per heavy atom. The van der Waals surface area contributed by atoms with Gasteiger partial charge < -0.3 is 15.4 Å². The van der Waals surface area contributed by atoms with E-state index < -0.39 is 35.4 Å². The smallest absolute Gasteiger partial charge is 0.309 e. The van der Waals surface area contributed by atoms with Gasteiger partial charge in [-0.25, -0.2) is 0 Å². The van der Waals surface area contributed by atoms with Gasteiger partial charge in [-0.3, -0.25) is 19.2 Å². The molecular formula is C18H30N2O5. The monoisotopic (exact) mass is 354 g/mol. The van der Waals surface area contributed by atoms with E-state index in [0.29, 0.717) is 13.0 Å². The first kappa shape index (κ1) is 21.1. The van der Waals surface area contributed by atoms with Gasteiger partial charge in [0.15, 0.2) is 11.9 Å². The van der Waals surface area contributed by atoms with Crippen LogP contribution in [-0.2, 0) is 23.9 Å². The van der Waals surface area contributed by atoms with E-state index in [4.69, 9.17) is 10.5 Å². The van der Waals surface area contributed by atoms with Crippen LogP contribution in [0, 0.1) is 11.3 Å². The predicted molar refractivity (Wildman–Crippen MR) is 92.3 cm³/mol. The normalized spacial score (nSPS) is 20.0. The van der Waals surface area contributed by atoms with E-state index in [9.17, 15) is 19.2 Å². The van der Waals surface area contributed by atoms with Gasteiger partial charge in [-0.05, 0) is 26.2 Å². The summed E-state index contributed by atoms with van der Waals surface area (Å²) < 4.78 is 5.24. The zero-order valence-corrected chi connectivity index (χ0v) is 15.8. The number of Topliss-reactive ketones (excluding diaryl/α,β-unsaturated/α-hetero) is 1. The van der Waals surface area contributed by atoms with Crippen molar-refractivity contribution >= 4 is 23.6 Å². The molecule has 0 aromatic carbocycles. The number of hydrogen-bond acceptors (Lipinski definition) is 5. The fraction of sp³-hybridized carbons (Fsp3) is 0.778. The van der Waals surface area contributed by atoms with E-state index in [0.717, 1.165) is 6.42 Å². The lowest BCUT2D eigenvalue weighted by Gasteiger charge is -2.30. The highest BCUT2D eigenvalue weighted by atomic mass is 16.5. The number of carbonyl (C=O) groups excluding carboxylic acids is 4. The second-order valence-electron chi connectivity index (χ2n) is 7.79. The Kier molecular flexibility index (Phi) is 7.14. The van der Waals surface area contributed by atoms with E-state index >= 15 is 0 Å². The average Bonchev–Trinajstić information content (AvgIpc) is 2.98. The predicted octanol–water partition coefficient (Wildman–Crippen LogP) is 1.43. The molecule has 2 N–H and O–H groups in total. The molecule has 0 bridgehead atoms. The quantitative estimate of drug-likeness (QED) is 0.696. The van der Waals surface area contributed by atoms with Crippen molar-refractivity contribution in [2.75, 3.05) is 6.54 Å². The first-order valence-corrected chi connectivity index (χ1v) is 8.78. The van der Waals surface area contributed by atoms with Crippen LogP contribution in [0.1, 0.15) is 60.3 Å². The van der Waals surface area contributed by atoms with Crippen LogP contribution >= 0.6 is 0 Å². The zero-order valence-electron chi connectivity index (χ0n) is 15.8. The van der Waals surface area contributed by atoms with Crippen LogP contribution in [0.2, 0.25) is 0 Å². The van der Waals surface area contributed by atoms with Crippen molar-refractivity contribution in [1.29, 1.82) is 0 Å². The average molecular weight is 354 g/mol. The van der Waals surface area contributed by atoms with Gasteiger partial charge in [0.25, 0.3) is 5.91 Å². The van der Waals surface area contributed by atoms with Crippen molar-refractivity contribution in [3.63, 3.8) is 0 Å². The van der Waals surface area contributed by atoms with Crippen molar-refractivity contribution in [2.24, 2.45) is 17.1 Å². The molecule has 2 amide bonds. The van der Waals surface area contributed by atoms with Gasteiger partial charge in [0.1, 0.15) is 0 Å². The van der Waals surface area contributed by atoms with Crippen molar-refractivity contribution in [2.45, 2.75) is 72.4 Å². The number of hydrogen-bond donors (Lipinski definition) is 1. The van der Waals surface area contributed by atoms with Crippen LogP contribution < -0.4 is 5.73 Å². The Labute approximate surface area is 149 Å². The number of nitrogens with zero attached hydrogens (tertiary/aromatic N) is 1. The summed E-state index contributed by atoms with van der Waals surface area (Å²) in [6.45, 7) is 9.13. The molecule has 1 saturated heterocycles. The van der Waals surface area contributed by atoms with Crippen molar-refractivity contribution in [3.05, 3.63) is 0 Å². The van der Waals surface area contributed by atoms with Gasteiger partial charge in [-0.1, -0.05) is 27.7 Å². The molecule has 1 aliphatic rings. The first-order valence-electron chi connectivity index (χ1n) is 8.78. The third-order valence-corrected chi connectivity index (χ3v) is 4.44. The second-order valence-corrected chi connectivity index (χ2v) is 7.79. The van der Waals surface area contributed by atoms with Gasteiger partial charge in [0, 0.05) is 18.4 Å². The standard InChI is InChI=1S/C18H30N2O5/c1-11(8-9-14(19)21)17(24)25-12(2)16(23)20-10-6-7-13(20)15(22)18(3,4)5/h11-13H,6-10H2,1-5H3,(H2,19,21). The summed E-state index contributed by atoms with van der Waals surface area (Å²) in [6.07, 6.45) is 0.805. The van der Waals surface area contributed by atoms with Gasteiger partial charge in [0.2, 0.25) is 5.91 Å². The van der Waals surface area contributed by atoms with Crippen LogP contribution in [0.4, 0.5) is 0 Å². The highest BCUT2D eigenvalue weighted by Crippen LogP contribution is 2.27. The number of carbonyl (C=O) groups is 4.